The molecule has 0 radical (unpaired) electrons. The van der Waals surface area contributed by atoms with Crippen LogP contribution >= 0.6 is 39.9 Å². The van der Waals surface area contributed by atoms with Crippen molar-refractivity contribution in [3.63, 3.8) is 0 Å². The number of nitrogens with zero attached hydrogens (tertiary/aromatic N) is 1. The van der Waals surface area contributed by atoms with Gasteiger partial charge in [0.05, 0.1) is 12.6 Å². The molecule has 0 aliphatic carbocycles. The molecule has 1 aromatic carbocycles. The summed E-state index contributed by atoms with van der Waals surface area (Å²) in [5.41, 5.74) is 2.17. The lowest BCUT2D eigenvalue weighted by Crippen LogP contribution is -2.40. The van der Waals surface area contributed by atoms with Crippen LogP contribution in [0.25, 0.3) is 0 Å². The van der Waals surface area contributed by atoms with Crippen molar-refractivity contribution in [2.75, 3.05) is 13.1 Å². The highest BCUT2D eigenvalue weighted by Crippen LogP contribution is 2.43. The number of hydrogen-bond donors (Lipinski definition) is 1. The van der Waals surface area contributed by atoms with Gasteiger partial charge in [-0.1, -0.05) is 36.7 Å². The highest BCUT2D eigenvalue weighted by molar-refractivity contribution is 8.93. The molecule has 2 heterocycles. The second kappa shape index (κ2) is 8.26. The van der Waals surface area contributed by atoms with Crippen LogP contribution in [0.15, 0.2) is 35.7 Å². The maximum atomic E-state index is 11.2. The lowest BCUT2D eigenvalue weighted by Gasteiger charge is -2.38. The molecule has 7 heteroatoms. The number of carboxylic acid groups (broad SMARTS) is 1. The first-order chi connectivity index (χ1) is 10.1. The molecule has 1 aliphatic heterocycles. The molecule has 23 heavy (non-hydrogen) atoms. The van der Waals surface area contributed by atoms with Gasteiger partial charge in [-0.15, -0.1) is 28.3 Å². The summed E-state index contributed by atoms with van der Waals surface area (Å²) in [6.45, 7) is 2.90. The fraction of sp³-hybridized carbons (Fsp3) is 0.312. The molecular weight excluding hydrogens is 402 g/mol. The molecule has 0 spiro atoms. The van der Waals surface area contributed by atoms with Crippen molar-refractivity contribution >= 4 is 45.9 Å². The first-order valence-corrected chi connectivity index (χ1v) is 8.11. The molecule has 2 atom stereocenters. The lowest BCUT2D eigenvalue weighted by atomic mass is 9.89. The van der Waals surface area contributed by atoms with Crippen LogP contribution in [0.5, 0.6) is 0 Å². The number of carbonyl (C=O) groups is 1. The highest BCUT2D eigenvalue weighted by Gasteiger charge is 2.35. The minimum atomic E-state index is -0.807. The molecule has 1 aliphatic rings. The zero-order valence-corrected chi connectivity index (χ0v) is 15.8. The van der Waals surface area contributed by atoms with Crippen LogP contribution in [0.1, 0.15) is 34.9 Å². The van der Waals surface area contributed by atoms with E-state index in [0.29, 0.717) is 10.9 Å². The second-order valence-corrected chi connectivity index (χ2v) is 6.74. The number of rotatable bonds is 3. The molecule has 0 saturated heterocycles. The monoisotopic (exact) mass is 419 g/mol. The minimum absolute atomic E-state index is 0. The van der Waals surface area contributed by atoms with Crippen molar-refractivity contribution in [1.29, 1.82) is 0 Å². The van der Waals surface area contributed by atoms with E-state index < -0.39 is 5.97 Å². The van der Waals surface area contributed by atoms with Gasteiger partial charge in [0.2, 0.25) is 0 Å². The summed E-state index contributed by atoms with van der Waals surface area (Å²) in [6, 6.07) is 9.71. The Morgan fingerprint density at radius 1 is 1.35 bits per heavy atom. The van der Waals surface area contributed by atoms with Gasteiger partial charge in [-0.05, 0) is 28.6 Å². The van der Waals surface area contributed by atoms with Crippen molar-refractivity contribution in [3.05, 3.63) is 56.7 Å². The second-order valence-electron chi connectivity index (χ2n) is 5.39. The number of benzene rings is 1. The maximum absolute atomic E-state index is 11.2. The van der Waals surface area contributed by atoms with Gasteiger partial charge in [0, 0.05) is 22.4 Å². The predicted octanol–water partition coefficient (Wildman–Crippen LogP) is 3.75. The van der Waals surface area contributed by atoms with Crippen LogP contribution in [0.2, 0.25) is 5.02 Å². The molecule has 2 aromatic rings. The third kappa shape index (κ3) is 3.95. The lowest BCUT2D eigenvalue weighted by molar-refractivity contribution is -0.138. The van der Waals surface area contributed by atoms with Gasteiger partial charge in [-0.2, -0.15) is 0 Å². The van der Waals surface area contributed by atoms with Crippen LogP contribution < -0.4 is 0 Å². The minimum Gasteiger partial charge on any atom is -0.480 e. The van der Waals surface area contributed by atoms with Gasteiger partial charge in [0.25, 0.3) is 0 Å². The van der Waals surface area contributed by atoms with Crippen LogP contribution in [0.3, 0.4) is 0 Å². The van der Waals surface area contributed by atoms with E-state index in [9.17, 15) is 9.90 Å². The maximum Gasteiger partial charge on any atom is 0.317 e. The van der Waals surface area contributed by atoms with Gasteiger partial charge in [0.1, 0.15) is 0 Å². The number of carboxylic acids is 1. The summed E-state index contributed by atoms with van der Waals surface area (Å²) in [4.78, 5) is 14.6. The van der Waals surface area contributed by atoms with E-state index in [4.69, 9.17) is 11.6 Å². The van der Waals surface area contributed by atoms with Crippen molar-refractivity contribution in [1.82, 2.24) is 4.90 Å². The van der Waals surface area contributed by atoms with Crippen LogP contribution in [-0.2, 0) is 4.79 Å². The van der Waals surface area contributed by atoms with Gasteiger partial charge in [0.15, 0.2) is 0 Å². The van der Waals surface area contributed by atoms with Crippen molar-refractivity contribution in [2.45, 2.75) is 18.9 Å². The predicted molar refractivity (Wildman–Crippen MR) is 99.2 cm³/mol. The first kappa shape index (κ1) is 20.1. The smallest absolute Gasteiger partial charge is 0.317 e. The average molecular weight is 421 g/mol. The van der Waals surface area contributed by atoms with Crippen molar-refractivity contribution in [3.8, 4) is 0 Å². The molecular formula is C16H19BrClNO3S. The Morgan fingerprint density at radius 2 is 2.04 bits per heavy atom. The Morgan fingerprint density at radius 3 is 2.70 bits per heavy atom. The molecule has 3 N–H and O–H groups in total. The van der Waals surface area contributed by atoms with Gasteiger partial charge < -0.3 is 10.6 Å². The van der Waals surface area contributed by atoms with Gasteiger partial charge in [-0.25, -0.2) is 0 Å². The fourth-order valence-corrected chi connectivity index (χ4v) is 4.31. The molecule has 1 unspecified atom stereocenters. The average Bonchev–Trinajstić information content (AvgIpc) is 2.89. The SMILES string of the molecule is Br.CC1CN(CC(=O)O)[C@H](c2ccccc2Cl)c2ccsc21.O. The van der Waals surface area contributed by atoms with E-state index in [2.05, 4.69) is 18.4 Å². The number of aliphatic carboxylic acids is 1. The molecule has 0 bridgehead atoms. The van der Waals surface area contributed by atoms with E-state index in [1.54, 1.807) is 11.3 Å². The summed E-state index contributed by atoms with van der Waals surface area (Å²) < 4.78 is 0. The summed E-state index contributed by atoms with van der Waals surface area (Å²) in [5.74, 6) is -0.462. The topological polar surface area (TPSA) is 72.0 Å². The van der Waals surface area contributed by atoms with Gasteiger partial charge >= 0.3 is 5.97 Å². The van der Waals surface area contributed by atoms with E-state index in [1.807, 2.05) is 29.2 Å². The van der Waals surface area contributed by atoms with Crippen LogP contribution in [0.4, 0.5) is 0 Å². The standard InChI is InChI=1S/C16H16ClNO2S.BrH.H2O/c1-10-8-18(9-14(19)20)15(12-6-7-21-16(10)12)11-4-2-3-5-13(11)17;;/h2-7,10,15H,8-9H2,1H3,(H,19,20);1H;1H2/t10?,15-;;/m1../s1. The number of hydrogen-bond acceptors (Lipinski definition) is 3. The summed E-state index contributed by atoms with van der Waals surface area (Å²) in [6.07, 6.45) is 0. The molecule has 126 valence electrons. The summed E-state index contributed by atoms with van der Waals surface area (Å²) in [5, 5.41) is 12.0. The highest BCUT2D eigenvalue weighted by atomic mass is 79.9. The summed E-state index contributed by atoms with van der Waals surface area (Å²) >= 11 is 8.10. The quantitative estimate of drug-likeness (QED) is 0.822. The molecule has 0 amide bonds. The number of thiophene rings is 1. The Hall–Kier alpha value is -0.920. The molecule has 0 saturated carbocycles. The third-order valence-electron chi connectivity index (χ3n) is 3.88. The van der Waals surface area contributed by atoms with E-state index in [1.165, 1.54) is 10.4 Å². The van der Waals surface area contributed by atoms with E-state index in [0.717, 1.165) is 12.1 Å². The third-order valence-corrected chi connectivity index (χ3v) is 5.39. The van der Waals surface area contributed by atoms with Crippen molar-refractivity contribution < 1.29 is 15.4 Å². The number of fused-ring (bicyclic) bond motifs is 1. The Bertz CT molecular complexity index is 679. The van der Waals surface area contributed by atoms with Crippen LogP contribution in [-0.4, -0.2) is 34.5 Å². The first-order valence-electron chi connectivity index (χ1n) is 6.85. The molecule has 0 fully saturated rings. The fourth-order valence-electron chi connectivity index (χ4n) is 3.08. The Kier molecular flexibility index (Phi) is 7.23. The summed E-state index contributed by atoms with van der Waals surface area (Å²) in [7, 11) is 0. The van der Waals surface area contributed by atoms with Crippen LogP contribution in [0, 0.1) is 0 Å². The number of halogens is 2. The van der Waals surface area contributed by atoms with Gasteiger partial charge in [-0.3, -0.25) is 9.69 Å². The van der Waals surface area contributed by atoms with E-state index in [-0.39, 0.29) is 35.0 Å². The molecule has 3 rings (SSSR count). The molecule has 1 aromatic heterocycles. The Balaban J connectivity index is 0.00000132. The molecule has 4 nitrogen and oxygen atoms in total. The zero-order valence-electron chi connectivity index (χ0n) is 12.5. The zero-order chi connectivity index (χ0) is 15.0. The normalized spacial score (nSPS) is 20.1. The van der Waals surface area contributed by atoms with Crippen molar-refractivity contribution in [2.24, 2.45) is 0 Å². The Labute approximate surface area is 154 Å². The largest absolute Gasteiger partial charge is 0.480 e. The van der Waals surface area contributed by atoms with E-state index >= 15 is 0 Å².